The summed E-state index contributed by atoms with van der Waals surface area (Å²) >= 11 is 0. The van der Waals surface area contributed by atoms with E-state index in [4.69, 9.17) is 14.0 Å². The van der Waals surface area contributed by atoms with Crippen LogP contribution in [0, 0.1) is 6.88 Å². The lowest BCUT2D eigenvalue weighted by molar-refractivity contribution is -0.132. The Kier molecular flexibility index (Phi) is 1.84. The van der Waals surface area contributed by atoms with Gasteiger partial charge in [0.1, 0.15) is 11.6 Å². The second-order valence-corrected chi connectivity index (χ2v) is 4.72. The first kappa shape index (κ1) is 8.07. The molecule has 1 aromatic heterocycles. The number of carbonyl (C=O) groups is 2. The molecule has 2 aromatic rings. The first-order chi connectivity index (χ1) is 12.6. The minimum absolute atomic E-state index is 0.268. The van der Waals surface area contributed by atoms with Gasteiger partial charge in [0, 0.05) is 16.2 Å². The summed E-state index contributed by atoms with van der Waals surface area (Å²) in [6.45, 7) is -1.83. The van der Waals surface area contributed by atoms with Gasteiger partial charge in [0.05, 0.1) is 27.5 Å². The van der Waals surface area contributed by atoms with E-state index in [-0.39, 0.29) is 17.3 Å². The number of fused-ring (bicyclic) bond motifs is 1. The van der Waals surface area contributed by atoms with Crippen molar-refractivity contribution in [2.75, 3.05) is 5.73 Å². The van der Waals surface area contributed by atoms with Crippen LogP contribution in [0.3, 0.4) is 0 Å². The number of nitrogens with zero attached hydrogens (tertiary/aromatic N) is 2. The first-order valence-electron chi connectivity index (χ1n) is 9.42. The predicted octanol–water partition coefficient (Wildman–Crippen LogP) is 1.15. The Bertz CT molecular complexity index is 1050. The van der Waals surface area contributed by atoms with Gasteiger partial charge in [-0.1, -0.05) is 6.04 Å². The van der Waals surface area contributed by atoms with Crippen LogP contribution < -0.4 is 11.3 Å². The summed E-state index contributed by atoms with van der Waals surface area (Å²) < 4.78 is 47.6. The highest BCUT2D eigenvalue weighted by molar-refractivity contribution is 6.03. The molecule has 1 aliphatic rings. The lowest BCUT2D eigenvalue weighted by Crippen LogP contribution is -2.36. The fraction of sp³-hybridized carbons (Fsp3) is 0.333. The number of aryl methyl sites for hydroxylation is 1. The van der Waals surface area contributed by atoms with Crippen molar-refractivity contribution in [3.05, 3.63) is 34.3 Å². The van der Waals surface area contributed by atoms with E-state index in [1.165, 1.54) is 0 Å². The third kappa shape index (κ3) is 2.12. The average Bonchev–Trinajstić information content (AvgIpc) is 2.57. The van der Waals surface area contributed by atoms with E-state index in [1.807, 2.05) is 0 Å². The SMILES string of the molecule is [2H]c1c([2H])c(N)c2c(=O)n(C3C(=O)CC(=O)CC3[2H])c(C([2H])[2H])nc2c1[2H]. The molecule has 2 N–H and O–H groups in total. The van der Waals surface area contributed by atoms with Crippen molar-refractivity contribution in [1.82, 2.24) is 9.55 Å². The third-order valence-electron chi connectivity index (χ3n) is 3.34. The molecule has 1 aliphatic carbocycles. The Morgan fingerprint density at radius 3 is 3.00 bits per heavy atom. The molecule has 6 nitrogen and oxygen atoms in total. The molecule has 0 spiro atoms. The van der Waals surface area contributed by atoms with Crippen molar-refractivity contribution in [3.63, 3.8) is 0 Å². The third-order valence-corrected chi connectivity index (χ3v) is 3.34. The number of rotatable bonds is 1. The van der Waals surface area contributed by atoms with Gasteiger partial charge in [0.25, 0.3) is 5.56 Å². The van der Waals surface area contributed by atoms with Crippen molar-refractivity contribution < 1.29 is 17.8 Å². The van der Waals surface area contributed by atoms with E-state index in [0.717, 1.165) is 4.57 Å². The smallest absolute Gasteiger partial charge is 0.264 e. The summed E-state index contributed by atoms with van der Waals surface area (Å²) in [5.74, 6) is -1.63. The fourth-order valence-corrected chi connectivity index (χ4v) is 2.37. The summed E-state index contributed by atoms with van der Waals surface area (Å²) in [6, 6.07) is -3.08. The van der Waals surface area contributed by atoms with Crippen molar-refractivity contribution in [1.29, 1.82) is 0 Å². The lowest BCUT2D eigenvalue weighted by atomic mass is 9.92. The number of nitrogens with two attached hydrogens (primary N) is 1. The van der Waals surface area contributed by atoms with Gasteiger partial charge in [0.15, 0.2) is 5.78 Å². The van der Waals surface area contributed by atoms with Crippen LogP contribution >= 0.6 is 0 Å². The van der Waals surface area contributed by atoms with Gasteiger partial charge >= 0.3 is 0 Å². The average molecular weight is 291 g/mol. The highest BCUT2D eigenvalue weighted by Crippen LogP contribution is 2.24. The van der Waals surface area contributed by atoms with Gasteiger partial charge in [-0.05, 0) is 25.4 Å². The minimum atomic E-state index is -1.83. The molecule has 0 bridgehead atoms. The number of hydrogen-bond donors (Lipinski definition) is 1. The molecule has 1 aromatic carbocycles. The molecule has 2 unspecified atom stereocenters. The molecule has 2 atom stereocenters. The zero-order valence-corrected chi connectivity index (χ0v) is 10.8. The van der Waals surface area contributed by atoms with Crippen LogP contribution in [-0.4, -0.2) is 21.1 Å². The normalized spacial score (nSPS) is 26.9. The Morgan fingerprint density at radius 2 is 2.29 bits per heavy atom. The summed E-state index contributed by atoms with van der Waals surface area (Å²) in [5.41, 5.74) is 4.07. The maximum Gasteiger partial charge on any atom is 0.264 e. The van der Waals surface area contributed by atoms with Crippen molar-refractivity contribution >= 4 is 28.2 Å². The van der Waals surface area contributed by atoms with Crippen LogP contribution in [0.2, 0.25) is 0 Å². The van der Waals surface area contributed by atoms with E-state index in [2.05, 4.69) is 4.98 Å². The largest absolute Gasteiger partial charge is 0.398 e. The highest BCUT2D eigenvalue weighted by Gasteiger charge is 2.30. The lowest BCUT2D eigenvalue weighted by Gasteiger charge is -2.24. The Morgan fingerprint density at radius 1 is 1.48 bits per heavy atom. The molecule has 108 valence electrons. The summed E-state index contributed by atoms with van der Waals surface area (Å²) in [7, 11) is 0. The predicted molar refractivity (Wildman–Crippen MR) is 78.1 cm³/mol. The van der Waals surface area contributed by atoms with Crippen LogP contribution in [0.5, 0.6) is 0 Å². The Balaban J connectivity index is 2.44. The van der Waals surface area contributed by atoms with E-state index in [9.17, 15) is 14.4 Å². The fourth-order valence-electron chi connectivity index (χ4n) is 2.37. The van der Waals surface area contributed by atoms with Crippen LogP contribution in [-0.2, 0) is 9.59 Å². The number of carbonyl (C=O) groups excluding carboxylic acids is 2. The van der Waals surface area contributed by atoms with Crippen LogP contribution in [0.1, 0.15) is 39.3 Å². The van der Waals surface area contributed by atoms with Crippen LogP contribution in [0.4, 0.5) is 5.69 Å². The zero-order chi connectivity index (χ0) is 20.2. The molecule has 0 aliphatic heterocycles. The topological polar surface area (TPSA) is 95.0 Å². The molecule has 1 saturated carbocycles. The maximum absolute atomic E-state index is 13.1. The van der Waals surface area contributed by atoms with Gasteiger partial charge < -0.3 is 5.73 Å². The van der Waals surface area contributed by atoms with Gasteiger partial charge in [-0.2, -0.15) is 0 Å². The molecule has 0 saturated heterocycles. The number of anilines is 1. The number of ketones is 2. The molecule has 6 heteroatoms. The number of aromatic nitrogens is 2. The summed E-state index contributed by atoms with van der Waals surface area (Å²) in [4.78, 5) is 41.0. The number of hydrogen-bond acceptors (Lipinski definition) is 5. The quantitative estimate of drug-likeness (QED) is 0.628. The van der Waals surface area contributed by atoms with Crippen molar-refractivity contribution in [2.24, 2.45) is 0 Å². The number of Topliss-reactive ketones (excluding diaryl/α,β-unsaturated/α-hetero) is 2. The highest BCUT2D eigenvalue weighted by atomic mass is 16.2. The number of nitrogen functional groups attached to an aromatic ring is 1. The molecule has 0 radical (unpaired) electrons. The van der Waals surface area contributed by atoms with Crippen molar-refractivity contribution in [3.8, 4) is 0 Å². The molecule has 1 heterocycles. The number of benzene rings is 1. The van der Waals surface area contributed by atoms with Crippen LogP contribution in [0.15, 0.2) is 22.9 Å². The summed E-state index contributed by atoms with van der Waals surface area (Å²) in [5, 5.41) is -0.373. The van der Waals surface area contributed by atoms with Gasteiger partial charge in [-0.3, -0.25) is 19.0 Å². The summed E-state index contributed by atoms with van der Waals surface area (Å²) in [6.07, 6.45) is -2.04. The second kappa shape index (κ2) is 4.80. The standard InChI is InChI=1S/C15H15N3O3/c1-8-17-11-4-2-3-10(16)14(11)15(21)18(8)12-6-5-9(19)7-13(12)20/h2-4,12H,5-7,16H2,1H3/i1D2,2D,3D,4D,6D. The molecule has 3 rings (SSSR count). The zero-order valence-electron chi connectivity index (χ0n) is 16.8. The molecule has 21 heavy (non-hydrogen) atoms. The van der Waals surface area contributed by atoms with E-state index >= 15 is 0 Å². The van der Waals surface area contributed by atoms with Crippen LogP contribution in [0.25, 0.3) is 10.9 Å². The maximum atomic E-state index is 13.1. The van der Waals surface area contributed by atoms with Gasteiger partial charge in [-0.25, -0.2) is 4.98 Å². The molecule has 0 amide bonds. The molecular weight excluding hydrogens is 270 g/mol. The Labute approximate surface area is 129 Å². The van der Waals surface area contributed by atoms with Gasteiger partial charge in [0.2, 0.25) is 0 Å². The second-order valence-electron chi connectivity index (χ2n) is 4.72. The first-order valence-corrected chi connectivity index (χ1v) is 6.18. The monoisotopic (exact) mass is 291 g/mol. The van der Waals surface area contributed by atoms with E-state index in [1.54, 1.807) is 0 Å². The van der Waals surface area contributed by atoms with Crippen molar-refractivity contribution in [2.45, 2.75) is 32.2 Å². The van der Waals surface area contributed by atoms with Gasteiger partial charge in [-0.15, -0.1) is 0 Å². The molecular formula is C15H15N3O3. The Hall–Kier alpha value is -2.50. The molecule has 1 fully saturated rings. The van der Waals surface area contributed by atoms with E-state index in [0.29, 0.717) is 0 Å². The van der Waals surface area contributed by atoms with E-state index < -0.39 is 72.5 Å². The minimum Gasteiger partial charge on any atom is -0.398 e.